The molecule has 1 fully saturated rings. The zero-order chi connectivity index (χ0) is 32.2. The summed E-state index contributed by atoms with van der Waals surface area (Å²) >= 11 is 0. The van der Waals surface area contributed by atoms with E-state index in [2.05, 4.69) is 0 Å². The maximum atomic E-state index is 11.4. The highest BCUT2D eigenvalue weighted by Gasteiger charge is 2.39. The largest absolute Gasteiger partial charge is 0.493 e. The SMILES string of the molecule is [2H]c1c2c(c([2H])c(OC)c1OC([2H])([2H])[2H])C1N(CC2)CC([2H])(C([2H])([2H])C(C)(C([2H])([2H])[2H])C([2H])([2H])[2H])C([2H])(O)C1([2H])[2H]. The van der Waals surface area contributed by atoms with Crippen LogP contribution in [0.5, 0.6) is 11.5 Å². The fourth-order valence-corrected chi connectivity index (χ4v) is 2.96. The Morgan fingerprint density at radius 3 is 3.00 bits per heavy atom. The van der Waals surface area contributed by atoms with Crippen LogP contribution in [-0.4, -0.2) is 43.3 Å². The zero-order valence-electron chi connectivity index (χ0n) is 30.4. The van der Waals surface area contributed by atoms with Crippen LogP contribution < -0.4 is 9.47 Å². The van der Waals surface area contributed by atoms with Gasteiger partial charge in [0.2, 0.25) is 0 Å². The summed E-state index contributed by atoms with van der Waals surface area (Å²) in [7, 11) is -1.99. The first-order chi connectivity index (χ1) is 18.1. The molecule has 0 bridgehead atoms. The van der Waals surface area contributed by atoms with Crippen molar-refractivity contribution in [1.82, 2.24) is 4.90 Å². The highest BCUT2D eigenvalue weighted by molar-refractivity contribution is 5.49. The number of rotatable bonds is 3. The van der Waals surface area contributed by atoms with Gasteiger partial charge in [-0.1, -0.05) is 20.6 Å². The molecule has 4 nitrogen and oxygen atoms in total. The number of fused-ring (bicyclic) bond motifs is 3. The van der Waals surface area contributed by atoms with Crippen LogP contribution in [-0.2, 0) is 6.42 Å². The molecule has 2 heterocycles. The van der Waals surface area contributed by atoms with Gasteiger partial charge in [0.25, 0.3) is 0 Å². The quantitative estimate of drug-likeness (QED) is 0.907. The summed E-state index contributed by atoms with van der Waals surface area (Å²) in [5.41, 5.74) is -3.71. The van der Waals surface area contributed by atoms with Crippen LogP contribution in [0.1, 0.15) is 73.8 Å². The van der Waals surface area contributed by atoms with Crippen LogP contribution in [0.4, 0.5) is 0 Å². The third-order valence-corrected chi connectivity index (χ3v) is 3.96. The van der Waals surface area contributed by atoms with Crippen molar-refractivity contribution < 1.29 is 37.9 Å². The second kappa shape index (κ2) is 6.57. The molecule has 134 valence electrons. The molecule has 0 saturated carbocycles. The van der Waals surface area contributed by atoms with E-state index in [1.54, 1.807) is 0 Å². The van der Waals surface area contributed by atoms with Crippen LogP contribution >= 0.6 is 0 Å². The Labute approximate surface area is 169 Å². The van der Waals surface area contributed by atoms with Crippen LogP contribution in [0.25, 0.3) is 0 Å². The summed E-state index contributed by atoms with van der Waals surface area (Å²) < 4.78 is 150. The maximum absolute atomic E-state index is 11.4. The van der Waals surface area contributed by atoms with Gasteiger partial charge in [-0.05, 0) is 53.7 Å². The van der Waals surface area contributed by atoms with Crippen molar-refractivity contribution in [2.24, 2.45) is 11.3 Å². The molecule has 4 heteroatoms. The number of methoxy groups -OCH3 is 2. The molecule has 0 aliphatic carbocycles. The van der Waals surface area contributed by atoms with E-state index in [1.165, 1.54) is 0 Å². The first kappa shape index (κ1) is 6.17. The Hall–Kier alpha value is -1.26. The number of hydrogen-bond donors (Lipinski definition) is 1. The van der Waals surface area contributed by atoms with Gasteiger partial charge in [0.15, 0.2) is 11.5 Å². The Kier molecular flexibility index (Phi) is 1.69. The average Bonchev–Trinajstić information content (AvgIpc) is 2.78. The van der Waals surface area contributed by atoms with Crippen LogP contribution in [0.15, 0.2) is 12.1 Å². The molecule has 1 saturated heterocycles. The fraction of sp³-hybridized carbons (Fsp3) is 0.700. The summed E-state index contributed by atoms with van der Waals surface area (Å²) in [6, 6.07) is -2.99. The maximum Gasteiger partial charge on any atom is 0.161 e. The molecule has 1 aromatic rings. The smallest absolute Gasteiger partial charge is 0.161 e. The summed E-state index contributed by atoms with van der Waals surface area (Å²) in [6.45, 7) is -7.94. The van der Waals surface area contributed by atoms with E-state index in [0.29, 0.717) is 6.92 Å². The zero-order valence-corrected chi connectivity index (χ0v) is 13.4. The number of aliphatic hydroxyl groups is 1. The van der Waals surface area contributed by atoms with Crippen molar-refractivity contribution in [1.29, 1.82) is 0 Å². The molecule has 1 N–H and O–H groups in total. The minimum absolute atomic E-state index is 0.0636. The first-order valence-corrected chi connectivity index (χ1v) is 7.42. The lowest BCUT2D eigenvalue weighted by molar-refractivity contribution is -0.0259. The van der Waals surface area contributed by atoms with E-state index in [9.17, 15) is 5.11 Å². The van der Waals surface area contributed by atoms with E-state index in [4.69, 9.17) is 32.8 Å². The molecule has 1 aromatic carbocycles. The Morgan fingerprint density at radius 2 is 2.29 bits per heavy atom. The van der Waals surface area contributed by atoms with Crippen LogP contribution in [0, 0.1) is 11.3 Å². The van der Waals surface area contributed by atoms with E-state index >= 15 is 0 Å². The summed E-state index contributed by atoms with van der Waals surface area (Å²) in [6.07, 6.45) is -11.1. The van der Waals surface area contributed by atoms with Crippen LogP contribution in [0.2, 0.25) is 0 Å². The highest BCUT2D eigenvalue weighted by Crippen LogP contribution is 2.44. The van der Waals surface area contributed by atoms with Crippen molar-refractivity contribution >= 4 is 0 Å². The minimum Gasteiger partial charge on any atom is -0.493 e. The van der Waals surface area contributed by atoms with Gasteiger partial charge >= 0.3 is 0 Å². The predicted octanol–water partition coefficient (Wildman–Crippen LogP) is 3.42. The van der Waals surface area contributed by atoms with Crippen molar-refractivity contribution in [2.75, 3.05) is 27.2 Å². The predicted molar refractivity (Wildman–Crippen MR) is 95.7 cm³/mol. The highest BCUT2D eigenvalue weighted by atomic mass is 16.5. The second-order valence-corrected chi connectivity index (χ2v) is 5.95. The van der Waals surface area contributed by atoms with Crippen molar-refractivity contribution in [2.45, 2.75) is 51.9 Å². The van der Waals surface area contributed by atoms with Crippen LogP contribution in [0.3, 0.4) is 0 Å². The van der Waals surface area contributed by atoms with Gasteiger partial charge in [0, 0.05) is 34.2 Å². The van der Waals surface area contributed by atoms with Crippen molar-refractivity contribution in [3.8, 4) is 11.5 Å². The van der Waals surface area contributed by atoms with E-state index < -0.39 is 87.0 Å². The molecule has 2 aliphatic rings. The Bertz CT molecular complexity index is 1190. The molecule has 0 spiro atoms. The fourth-order valence-electron chi connectivity index (χ4n) is 2.96. The summed E-state index contributed by atoms with van der Waals surface area (Å²) in [5.74, 6) is -4.58. The third kappa shape index (κ3) is 3.40. The molecule has 0 radical (unpaired) electrons. The topological polar surface area (TPSA) is 41.9 Å². The first-order valence-electron chi connectivity index (χ1n) is 15.9. The van der Waals surface area contributed by atoms with Crippen molar-refractivity contribution in [3.05, 3.63) is 23.2 Å². The molecule has 3 rings (SSSR count). The lowest BCUT2D eigenvalue weighted by atomic mass is 9.75. The van der Waals surface area contributed by atoms with Crippen molar-refractivity contribution in [3.63, 3.8) is 0 Å². The van der Waals surface area contributed by atoms with Gasteiger partial charge in [-0.3, -0.25) is 4.90 Å². The molecule has 24 heavy (non-hydrogen) atoms. The number of benzene rings is 1. The normalized spacial score (nSPS) is 48.1. The lowest BCUT2D eigenvalue weighted by Crippen LogP contribution is -2.48. The molecular weight excluding hydrogens is 302 g/mol. The van der Waals surface area contributed by atoms with Gasteiger partial charge in [0.05, 0.1) is 28.5 Å². The average molecular weight is 351 g/mol. The number of nitrogens with zero attached hydrogens (tertiary/aromatic N) is 1. The van der Waals surface area contributed by atoms with E-state index in [0.717, 1.165) is 12.0 Å². The molecule has 0 aromatic heterocycles. The number of piperidine rings is 1. The lowest BCUT2D eigenvalue weighted by Gasteiger charge is -2.47. The van der Waals surface area contributed by atoms with Gasteiger partial charge in [-0.25, -0.2) is 0 Å². The Morgan fingerprint density at radius 1 is 1.50 bits per heavy atom. The number of hydrogen-bond acceptors (Lipinski definition) is 4. The summed E-state index contributed by atoms with van der Waals surface area (Å²) in [4.78, 5) is 1.09. The monoisotopic (exact) mass is 350 g/mol. The molecule has 3 atom stereocenters. The summed E-state index contributed by atoms with van der Waals surface area (Å²) in [5, 5.41) is 11.4. The third-order valence-electron chi connectivity index (χ3n) is 3.96. The molecule has 3 unspecified atom stereocenters. The molecular formula is C20H31NO3. The molecule has 2 aliphatic heterocycles. The van der Waals surface area contributed by atoms with Gasteiger partial charge in [0.1, 0.15) is 0 Å². The van der Waals surface area contributed by atoms with Gasteiger partial charge in [-0.2, -0.15) is 0 Å². The van der Waals surface area contributed by atoms with Gasteiger partial charge < -0.3 is 14.6 Å². The minimum atomic E-state index is -3.83. The molecule has 0 amide bonds. The standard InChI is InChI=1S/C20H31NO3/c1-20(2,3)11-14-12-21-7-6-13-8-18(23-4)19(24-5)9-15(13)16(21)10-17(14)22/h8-9,14,16-17,22H,6-7,10-12H2,1-5H3/i1D3,2D3,4D3,8D,9D,10D2,11D2,14D,17D. The van der Waals surface area contributed by atoms with E-state index in [1.807, 2.05) is 0 Å². The van der Waals surface area contributed by atoms with E-state index in [-0.39, 0.29) is 24.1 Å². The Balaban J connectivity index is 2.32. The number of ether oxygens (including phenoxy) is 2. The van der Waals surface area contributed by atoms with Gasteiger partial charge in [-0.15, -0.1) is 0 Å². The second-order valence-electron chi connectivity index (χ2n) is 5.95.